The number of fused-ring (bicyclic) bond motifs is 3. The summed E-state index contributed by atoms with van der Waals surface area (Å²) >= 11 is 0. The molecule has 76 valence electrons. The zero-order valence-electron chi connectivity index (χ0n) is 8.25. The molecule has 0 saturated heterocycles. The van der Waals surface area contributed by atoms with Crippen LogP contribution in [0.15, 0.2) is 33.5 Å². The SMILES string of the molecule is O=c1oc2ccccc2c2c1CNCC2. The summed E-state index contributed by atoms with van der Waals surface area (Å²) in [6, 6.07) is 7.73. The maximum absolute atomic E-state index is 11.7. The van der Waals surface area contributed by atoms with Gasteiger partial charge in [-0.3, -0.25) is 0 Å². The molecule has 3 rings (SSSR count). The fraction of sp³-hybridized carbons (Fsp3) is 0.250. The van der Waals surface area contributed by atoms with Crippen LogP contribution in [0.4, 0.5) is 0 Å². The Morgan fingerprint density at radius 2 is 2.07 bits per heavy atom. The molecule has 0 aliphatic carbocycles. The Balaban J connectivity index is 2.44. The van der Waals surface area contributed by atoms with Crippen LogP contribution in [0.5, 0.6) is 0 Å². The molecule has 0 unspecified atom stereocenters. The third kappa shape index (κ3) is 1.27. The first kappa shape index (κ1) is 8.68. The van der Waals surface area contributed by atoms with Gasteiger partial charge in [-0.2, -0.15) is 0 Å². The van der Waals surface area contributed by atoms with Gasteiger partial charge in [-0.1, -0.05) is 18.2 Å². The first-order chi connectivity index (χ1) is 7.36. The normalized spacial score (nSPS) is 15.2. The molecule has 0 radical (unpaired) electrons. The van der Waals surface area contributed by atoms with Crippen LogP contribution in [-0.4, -0.2) is 6.54 Å². The average Bonchev–Trinajstić information content (AvgIpc) is 2.30. The van der Waals surface area contributed by atoms with Crippen LogP contribution in [0.1, 0.15) is 11.1 Å². The Labute approximate surface area is 86.7 Å². The molecule has 0 bridgehead atoms. The molecule has 0 atom stereocenters. The Morgan fingerprint density at radius 1 is 1.20 bits per heavy atom. The fourth-order valence-corrected chi connectivity index (χ4v) is 2.14. The van der Waals surface area contributed by atoms with Gasteiger partial charge in [0.1, 0.15) is 5.58 Å². The van der Waals surface area contributed by atoms with E-state index in [-0.39, 0.29) is 5.63 Å². The summed E-state index contributed by atoms with van der Waals surface area (Å²) in [5.41, 5.74) is 2.44. The topological polar surface area (TPSA) is 42.2 Å². The van der Waals surface area contributed by atoms with Crippen LogP contribution in [0.25, 0.3) is 11.0 Å². The van der Waals surface area contributed by atoms with Crippen molar-refractivity contribution in [3.05, 3.63) is 45.8 Å². The van der Waals surface area contributed by atoms with E-state index in [0.29, 0.717) is 12.1 Å². The van der Waals surface area contributed by atoms with Crippen molar-refractivity contribution in [2.24, 2.45) is 0 Å². The highest BCUT2D eigenvalue weighted by Crippen LogP contribution is 2.21. The van der Waals surface area contributed by atoms with Crippen LogP contribution in [0, 0.1) is 0 Å². The smallest absolute Gasteiger partial charge is 0.341 e. The summed E-state index contributed by atoms with van der Waals surface area (Å²) in [5, 5.41) is 4.26. The zero-order chi connectivity index (χ0) is 10.3. The number of hydrogen-bond acceptors (Lipinski definition) is 3. The highest BCUT2D eigenvalue weighted by molar-refractivity contribution is 5.81. The summed E-state index contributed by atoms with van der Waals surface area (Å²) < 4.78 is 5.26. The summed E-state index contributed by atoms with van der Waals surface area (Å²) in [5.74, 6) is 0. The molecule has 2 aromatic rings. The maximum atomic E-state index is 11.7. The van der Waals surface area contributed by atoms with Crippen molar-refractivity contribution in [3.63, 3.8) is 0 Å². The maximum Gasteiger partial charge on any atom is 0.341 e. The number of rotatable bonds is 0. The van der Waals surface area contributed by atoms with Crippen molar-refractivity contribution in [2.45, 2.75) is 13.0 Å². The van der Waals surface area contributed by atoms with Crippen LogP contribution >= 0.6 is 0 Å². The van der Waals surface area contributed by atoms with E-state index in [1.165, 1.54) is 0 Å². The third-order valence-corrected chi connectivity index (χ3v) is 2.88. The predicted molar refractivity (Wildman–Crippen MR) is 57.9 cm³/mol. The standard InChI is InChI=1S/C12H11NO2/c14-12-10-7-13-6-5-8(10)9-3-1-2-4-11(9)15-12/h1-4,13H,5-7H2. The Hall–Kier alpha value is -1.61. The molecule has 1 aromatic heterocycles. The van der Waals surface area contributed by atoms with Gasteiger partial charge in [0.05, 0.1) is 5.56 Å². The van der Waals surface area contributed by atoms with E-state index in [1.54, 1.807) is 0 Å². The van der Waals surface area contributed by atoms with Crippen LogP contribution < -0.4 is 10.9 Å². The molecule has 0 amide bonds. The minimum absolute atomic E-state index is 0.198. The molecule has 3 heteroatoms. The highest BCUT2D eigenvalue weighted by atomic mass is 16.4. The summed E-state index contributed by atoms with van der Waals surface area (Å²) in [6.07, 6.45) is 0.904. The van der Waals surface area contributed by atoms with E-state index in [0.717, 1.165) is 29.5 Å². The average molecular weight is 201 g/mol. The second-order valence-corrected chi connectivity index (χ2v) is 3.77. The molecule has 3 nitrogen and oxygen atoms in total. The fourth-order valence-electron chi connectivity index (χ4n) is 2.14. The molecule has 0 spiro atoms. The monoisotopic (exact) mass is 201 g/mol. The summed E-state index contributed by atoms with van der Waals surface area (Å²) in [4.78, 5) is 11.7. The lowest BCUT2D eigenvalue weighted by Gasteiger charge is -2.16. The second kappa shape index (κ2) is 3.21. The first-order valence-electron chi connectivity index (χ1n) is 5.10. The van der Waals surface area contributed by atoms with Gasteiger partial charge >= 0.3 is 5.63 Å². The molecule has 1 aliphatic rings. The van der Waals surface area contributed by atoms with E-state index in [9.17, 15) is 4.79 Å². The van der Waals surface area contributed by atoms with Crippen LogP contribution in [-0.2, 0) is 13.0 Å². The van der Waals surface area contributed by atoms with Gasteiger partial charge in [-0.25, -0.2) is 4.79 Å². The first-order valence-corrected chi connectivity index (χ1v) is 5.10. The van der Waals surface area contributed by atoms with Gasteiger partial charge in [-0.05, 0) is 24.6 Å². The largest absolute Gasteiger partial charge is 0.422 e. The Bertz CT molecular complexity index is 571. The van der Waals surface area contributed by atoms with Crippen molar-refractivity contribution in [2.75, 3.05) is 6.54 Å². The van der Waals surface area contributed by atoms with Crippen molar-refractivity contribution in [1.82, 2.24) is 5.32 Å². The number of hydrogen-bond donors (Lipinski definition) is 1. The van der Waals surface area contributed by atoms with Gasteiger partial charge in [0.2, 0.25) is 0 Å². The Kier molecular flexibility index (Phi) is 1.86. The van der Waals surface area contributed by atoms with E-state index >= 15 is 0 Å². The van der Waals surface area contributed by atoms with Crippen molar-refractivity contribution >= 4 is 11.0 Å². The third-order valence-electron chi connectivity index (χ3n) is 2.88. The van der Waals surface area contributed by atoms with Gasteiger partial charge < -0.3 is 9.73 Å². The van der Waals surface area contributed by atoms with Crippen LogP contribution in [0.2, 0.25) is 0 Å². The summed E-state index contributed by atoms with van der Waals surface area (Å²) in [7, 11) is 0. The lowest BCUT2D eigenvalue weighted by atomic mass is 9.99. The lowest BCUT2D eigenvalue weighted by molar-refractivity contribution is 0.526. The molecule has 0 saturated carbocycles. The highest BCUT2D eigenvalue weighted by Gasteiger charge is 2.16. The second-order valence-electron chi connectivity index (χ2n) is 3.77. The van der Waals surface area contributed by atoms with Gasteiger partial charge in [0.15, 0.2) is 0 Å². The van der Waals surface area contributed by atoms with Gasteiger partial charge in [-0.15, -0.1) is 0 Å². The molecule has 1 aromatic carbocycles. The minimum Gasteiger partial charge on any atom is -0.422 e. The number of benzene rings is 1. The molecule has 15 heavy (non-hydrogen) atoms. The summed E-state index contributed by atoms with van der Waals surface area (Å²) in [6.45, 7) is 1.56. The Morgan fingerprint density at radius 3 is 3.00 bits per heavy atom. The minimum atomic E-state index is -0.198. The molecule has 0 fully saturated rings. The van der Waals surface area contributed by atoms with Gasteiger partial charge in [0, 0.05) is 11.9 Å². The van der Waals surface area contributed by atoms with Crippen molar-refractivity contribution in [1.29, 1.82) is 0 Å². The van der Waals surface area contributed by atoms with Crippen molar-refractivity contribution < 1.29 is 4.42 Å². The molecule has 2 heterocycles. The van der Waals surface area contributed by atoms with Crippen molar-refractivity contribution in [3.8, 4) is 0 Å². The van der Waals surface area contributed by atoms with Crippen LogP contribution in [0.3, 0.4) is 0 Å². The number of para-hydroxylation sites is 1. The zero-order valence-corrected chi connectivity index (χ0v) is 8.25. The molecule has 1 N–H and O–H groups in total. The van der Waals surface area contributed by atoms with E-state index in [4.69, 9.17) is 4.42 Å². The van der Waals surface area contributed by atoms with E-state index in [2.05, 4.69) is 5.32 Å². The van der Waals surface area contributed by atoms with Gasteiger partial charge in [0.25, 0.3) is 0 Å². The quantitative estimate of drug-likeness (QED) is 0.656. The molecule has 1 aliphatic heterocycles. The molecular formula is C12H11NO2. The number of nitrogens with one attached hydrogen (secondary N) is 1. The van der Waals surface area contributed by atoms with E-state index < -0.39 is 0 Å². The predicted octanol–water partition coefficient (Wildman–Crippen LogP) is 1.44. The molecular weight excluding hydrogens is 190 g/mol. The lowest BCUT2D eigenvalue weighted by Crippen LogP contribution is -2.28. The van der Waals surface area contributed by atoms with E-state index in [1.807, 2.05) is 24.3 Å².